The van der Waals surface area contributed by atoms with E-state index in [4.69, 9.17) is 4.74 Å². The van der Waals surface area contributed by atoms with Gasteiger partial charge in [-0.25, -0.2) is 4.79 Å². The Hall–Kier alpha value is -0.770. The highest BCUT2D eigenvalue weighted by atomic mass is 16.5. The summed E-state index contributed by atoms with van der Waals surface area (Å²) in [6.45, 7) is 9.13. The average Bonchev–Trinajstić information content (AvgIpc) is 2.23. The van der Waals surface area contributed by atoms with Crippen LogP contribution in [-0.4, -0.2) is 32.3 Å². The quantitative estimate of drug-likeness (QED) is 0.596. The second-order valence-electron chi connectivity index (χ2n) is 4.33. The Morgan fingerprint density at radius 3 is 2.50 bits per heavy atom. The zero-order valence-corrected chi connectivity index (χ0v) is 10.8. The van der Waals surface area contributed by atoms with E-state index in [1.54, 1.807) is 0 Å². The number of nitrogens with one attached hydrogen (secondary N) is 2. The molecule has 2 N–H and O–H groups in total. The molecule has 0 aromatic heterocycles. The molecule has 0 fully saturated rings. The summed E-state index contributed by atoms with van der Waals surface area (Å²) in [5, 5.41) is 5.54. The fraction of sp³-hybridized carbons (Fsp3) is 0.917. The summed E-state index contributed by atoms with van der Waals surface area (Å²) in [5.74, 6) is 0.672. The third kappa shape index (κ3) is 11.3. The number of rotatable bonds is 9. The Morgan fingerprint density at radius 1 is 1.19 bits per heavy atom. The molecule has 0 rings (SSSR count). The molecular weight excluding hydrogens is 204 g/mol. The van der Waals surface area contributed by atoms with Gasteiger partial charge in [-0.05, 0) is 18.8 Å². The van der Waals surface area contributed by atoms with Crippen molar-refractivity contribution in [3.63, 3.8) is 0 Å². The molecule has 0 aliphatic rings. The standard InChI is InChI=1S/C12H26N2O2/c1-4-5-7-13-12(15)14-8-10-16-9-6-11(2)3/h11H,4-10H2,1-3H3,(H2,13,14,15). The Labute approximate surface area is 99.1 Å². The highest BCUT2D eigenvalue weighted by Crippen LogP contribution is 1.98. The lowest BCUT2D eigenvalue weighted by atomic mass is 10.1. The Kier molecular flexibility index (Phi) is 10.2. The topological polar surface area (TPSA) is 50.4 Å². The maximum atomic E-state index is 11.2. The van der Waals surface area contributed by atoms with Gasteiger partial charge in [0, 0.05) is 19.7 Å². The molecule has 0 aliphatic carbocycles. The van der Waals surface area contributed by atoms with Crippen LogP contribution < -0.4 is 10.6 Å². The molecule has 0 saturated carbocycles. The van der Waals surface area contributed by atoms with Gasteiger partial charge >= 0.3 is 6.03 Å². The second-order valence-corrected chi connectivity index (χ2v) is 4.33. The first kappa shape index (κ1) is 15.2. The summed E-state index contributed by atoms with van der Waals surface area (Å²) < 4.78 is 5.38. The molecule has 4 heteroatoms. The van der Waals surface area contributed by atoms with Gasteiger partial charge in [-0.3, -0.25) is 0 Å². The zero-order chi connectivity index (χ0) is 12.2. The predicted molar refractivity (Wildman–Crippen MR) is 66.6 cm³/mol. The van der Waals surface area contributed by atoms with Crippen LogP contribution in [-0.2, 0) is 4.74 Å². The first-order chi connectivity index (χ1) is 7.66. The van der Waals surface area contributed by atoms with E-state index in [0.717, 1.165) is 32.4 Å². The summed E-state index contributed by atoms with van der Waals surface area (Å²) in [6, 6.07) is -0.0964. The molecule has 0 bridgehead atoms. The van der Waals surface area contributed by atoms with Crippen LogP contribution in [0.3, 0.4) is 0 Å². The van der Waals surface area contributed by atoms with Gasteiger partial charge in [0.05, 0.1) is 6.61 Å². The lowest BCUT2D eigenvalue weighted by Crippen LogP contribution is -2.37. The van der Waals surface area contributed by atoms with Crippen LogP contribution in [0.15, 0.2) is 0 Å². The van der Waals surface area contributed by atoms with Gasteiger partial charge in [-0.2, -0.15) is 0 Å². The Balaban J connectivity index is 3.15. The highest BCUT2D eigenvalue weighted by molar-refractivity contribution is 5.73. The van der Waals surface area contributed by atoms with Crippen molar-refractivity contribution in [3.8, 4) is 0 Å². The van der Waals surface area contributed by atoms with E-state index in [9.17, 15) is 4.79 Å². The Bertz CT molecular complexity index is 172. The largest absolute Gasteiger partial charge is 0.380 e. The number of carbonyl (C=O) groups excluding carboxylic acids is 1. The van der Waals surface area contributed by atoms with Crippen LogP contribution in [0, 0.1) is 5.92 Å². The average molecular weight is 230 g/mol. The molecule has 0 aliphatic heterocycles. The predicted octanol–water partition coefficient (Wildman–Crippen LogP) is 2.15. The number of ether oxygens (including phenoxy) is 1. The molecule has 0 atom stereocenters. The number of amides is 2. The van der Waals surface area contributed by atoms with Crippen molar-refractivity contribution in [3.05, 3.63) is 0 Å². The van der Waals surface area contributed by atoms with E-state index in [2.05, 4.69) is 31.4 Å². The molecule has 0 heterocycles. The number of hydrogen-bond acceptors (Lipinski definition) is 2. The van der Waals surface area contributed by atoms with E-state index in [1.165, 1.54) is 0 Å². The molecule has 0 spiro atoms. The molecular formula is C12H26N2O2. The minimum absolute atomic E-state index is 0.0964. The van der Waals surface area contributed by atoms with Crippen molar-refractivity contribution < 1.29 is 9.53 Å². The molecule has 2 amide bonds. The highest BCUT2D eigenvalue weighted by Gasteiger charge is 1.98. The summed E-state index contributed by atoms with van der Waals surface area (Å²) in [5.41, 5.74) is 0. The number of unbranched alkanes of at least 4 members (excludes halogenated alkanes) is 1. The van der Waals surface area contributed by atoms with E-state index in [-0.39, 0.29) is 6.03 Å². The van der Waals surface area contributed by atoms with Gasteiger partial charge in [0.1, 0.15) is 0 Å². The van der Waals surface area contributed by atoms with E-state index in [1.807, 2.05) is 0 Å². The van der Waals surface area contributed by atoms with E-state index in [0.29, 0.717) is 19.1 Å². The van der Waals surface area contributed by atoms with Crippen molar-refractivity contribution in [2.24, 2.45) is 5.92 Å². The van der Waals surface area contributed by atoms with E-state index >= 15 is 0 Å². The summed E-state index contributed by atoms with van der Waals surface area (Å²) in [6.07, 6.45) is 3.19. The molecule has 0 unspecified atom stereocenters. The lowest BCUT2D eigenvalue weighted by molar-refractivity contribution is 0.126. The van der Waals surface area contributed by atoms with Gasteiger partial charge < -0.3 is 15.4 Å². The first-order valence-corrected chi connectivity index (χ1v) is 6.26. The summed E-state index contributed by atoms with van der Waals surface area (Å²) in [7, 11) is 0. The van der Waals surface area contributed by atoms with Gasteiger partial charge in [0.25, 0.3) is 0 Å². The van der Waals surface area contributed by atoms with Crippen LogP contribution in [0.25, 0.3) is 0 Å². The van der Waals surface area contributed by atoms with Gasteiger partial charge in [-0.1, -0.05) is 27.2 Å². The van der Waals surface area contributed by atoms with Crippen molar-refractivity contribution >= 4 is 6.03 Å². The second kappa shape index (κ2) is 10.7. The maximum absolute atomic E-state index is 11.2. The maximum Gasteiger partial charge on any atom is 0.314 e. The van der Waals surface area contributed by atoms with Crippen LogP contribution in [0.2, 0.25) is 0 Å². The molecule has 0 aromatic carbocycles. The van der Waals surface area contributed by atoms with Crippen molar-refractivity contribution in [2.75, 3.05) is 26.3 Å². The molecule has 4 nitrogen and oxygen atoms in total. The third-order valence-electron chi connectivity index (χ3n) is 2.19. The monoisotopic (exact) mass is 230 g/mol. The van der Waals surface area contributed by atoms with Gasteiger partial charge in [0.15, 0.2) is 0 Å². The smallest absolute Gasteiger partial charge is 0.314 e. The Morgan fingerprint density at radius 2 is 1.88 bits per heavy atom. The fourth-order valence-corrected chi connectivity index (χ4v) is 1.10. The van der Waals surface area contributed by atoms with Crippen LogP contribution in [0.1, 0.15) is 40.0 Å². The number of urea groups is 1. The van der Waals surface area contributed by atoms with Crippen molar-refractivity contribution in [1.29, 1.82) is 0 Å². The van der Waals surface area contributed by atoms with Crippen LogP contribution in [0.5, 0.6) is 0 Å². The minimum atomic E-state index is -0.0964. The molecule has 96 valence electrons. The van der Waals surface area contributed by atoms with Crippen LogP contribution in [0.4, 0.5) is 4.79 Å². The molecule has 0 aromatic rings. The first-order valence-electron chi connectivity index (χ1n) is 6.26. The number of carbonyl (C=O) groups is 1. The lowest BCUT2D eigenvalue weighted by Gasteiger charge is -2.08. The van der Waals surface area contributed by atoms with Gasteiger partial charge in [-0.15, -0.1) is 0 Å². The summed E-state index contributed by atoms with van der Waals surface area (Å²) in [4.78, 5) is 11.2. The molecule has 16 heavy (non-hydrogen) atoms. The zero-order valence-electron chi connectivity index (χ0n) is 10.8. The van der Waals surface area contributed by atoms with Crippen molar-refractivity contribution in [1.82, 2.24) is 10.6 Å². The molecule has 0 radical (unpaired) electrons. The summed E-state index contributed by atoms with van der Waals surface area (Å²) >= 11 is 0. The normalized spacial score (nSPS) is 10.5. The SMILES string of the molecule is CCCCNC(=O)NCCOCCC(C)C. The molecule has 0 saturated heterocycles. The van der Waals surface area contributed by atoms with Gasteiger partial charge in [0.2, 0.25) is 0 Å². The number of hydrogen-bond donors (Lipinski definition) is 2. The van der Waals surface area contributed by atoms with E-state index < -0.39 is 0 Å². The third-order valence-corrected chi connectivity index (χ3v) is 2.19. The fourth-order valence-electron chi connectivity index (χ4n) is 1.10. The minimum Gasteiger partial charge on any atom is -0.380 e. The van der Waals surface area contributed by atoms with Crippen molar-refractivity contribution in [2.45, 2.75) is 40.0 Å². The van der Waals surface area contributed by atoms with Crippen LogP contribution >= 0.6 is 0 Å².